The molecule has 0 bridgehead atoms. The van der Waals surface area contributed by atoms with Crippen molar-refractivity contribution in [2.45, 2.75) is 13.8 Å². The predicted molar refractivity (Wildman–Crippen MR) is 206 cm³/mol. The molecule has 49 heavy (non-hydrogen) atoms. The number of rotatable bonds is 6. The molecule has 0 N–H and O–H groups in total. The van der Waals surface area contributed by atoms with Crippen molar-refractivity contribution in [1.29, 1.82) is 0 Å². The Balaban J connectivity index is 0.000000483. The Morgan fingerprint density at radius 2 is 0.939 bits per heavy atom. The molecular weight excluding hydrogens is 597 g/mol. The topological polar surface area (TPSA) is 29.3 Å². The van der Waals surface area contributed by atoms with Gasteiger partial charge in [-0.15, -0.1) is 0 Å². The van der Waals surface area contributed by atoms with Crippen molar-refractivity contribution in [2.24, 2.45) is 0 Å². The molecule has 1 heterocycles. The number of fused-ring (bicyclic) bond motifs is 1. The molecule has 0 saturated heterocycles. The van der Waals surface area contributed by atoms with Crippen LogP contribution in [-0.4, -0.2) is 12.0 Å². The average molecular weight is 635 g/mol. The van der Waals surface area contributed by atoms with Crippen LogP contribution in [0, 0.1) is 13.8 Å². The van der Waals surface area contributed by atoms with Crippen molar-refractivity contribution < 1.29 is 4.42 Å². The van der Waals surface area contributed by atoms with E-state index in [-0.39, 0.29) is 0 Å². The van der Waals surface area contributed by atoms with Crippen LogP contribution in [0.25, 0.3) is 55.9 Å². The molecule has 0 spiro atoms. The number of aromatic nitrogens is 1. The van der Waals surface area contributed by atoms with E-state index in [9.17, 15) is 0 Å². The Labute approximate surface area is 288 Å². The standard InChI is InChI=1S/C39H30N2O.C7H8/c1-27-10-9-11-32(26-27)41(2)31-24-22-29(23-25-31)34-13-4-6-15-36(34)35-14-5-3-12-33(35)28-18-20-30(21-19-28)39-40-37-16-7-8-17-38(37)42-39;1-7-5-3-2-4-6-7/h3-26H,1-2H3;2-6H,1H3. The van der Waals surface area contributed by atoms with Crippen LogP contribution in [0.2, 0.25) is 0 Å². The van der Waals surface area contributed by atoms with Gasteiger partial charge < -0.3 is 9.32 Å². The van der Waals surface area contributed by atoms with Gasteiger partial charge in [0.25, 0.3) is 0 Å². The van der Waals surface area contributed by atoms with Crippen LogP contribution < -0.4 is 4.90 Å². The number of hydrogen-bond donors (Lipinski definition) is 0. The van der Waals surface area contributed by atoms with Crippen LogP contribution >= 0.6 is 0 Å². The second-order valence-electron chi connectivity index (χ2n) is 12.3. The van der Waals surface area contributed by atoms with Gasteiger partial charge in [-0.05, 0) is 101 Å². The SMILES string of the molecule is Cc1cccc(N(C)c2ccc(-c3ccccc3-c3ccccc3-c3ccc(-c4nc5ccccc5o4)cc3)cc2)c1.Cc1ccccc1. The number of benzene rings is 7. The zero-order valence-electron chi connectivity index (χ0n) is 28.0. The highest BCUT2D eigenvalue weighted by Crippen LogP contribution is 2.39. The van der Waals surface area contributed by atoms with E-state index in [0.717, 1.165) is 27.9 Å². The number of para-hydroxylation sites is 2. The smallest absolute Gasteiger partial charge is 0.227 e. The van der Waals surface area contributed by atoms with Gasteiger partial charge in [0.15, 0.2) is 5.58 Å². The number of aryl methyl sites for hydroxylation is 2. The van der Waals surface area contributed by atoms with Gasteiger partial charge in [-0.3, -0.25) is 0 Å². The molecule has 0 unspecified atom stereocenters. The van der Waals surface area contributed by atoms with Gasteiger partial charge in [-0.25, -0.2) is 4.98 Å². The first kappa shape index (κ1) is 31.4. The van der Waals surface area contributed by atoms with Gasteiger partial charge in [-0.2, -0.15) is 0 Å². The van der Waals surface area contributed by atoms with Crippen LogP contribution in [0.1, 0.15) is 11.1 Å². The van der Waals surface area contributed by atoms with Gasteiger partial charge in [0.1, 0.15) is 5.52 Å². The molecule has 0 atom stereocenters. The summed E-state index contributed by atoms with van der Waals surface area (Å²) in [5.41, 5.74) is 14.7. The minimum absolute atomic E-state index is 0.637. The van der Waals surface area contributed by atoms with Crippen molar-refractivity contribution in [3.63, 3.8) is 0 Å². The molecule has 0 amide bonds. The second kappa shape index (κ2) is 14.3. The van der Waals surface area contributed by atoms with E-state index >= 15 is 0 Å². The summed E-state index contributed by atoms with van der Waals surface area (Å²) < 4.78 is 6.00. The summed E-state index contributed by atoms with van der Waals surface area (Å²) in [6.45, 7) is 4.21. The summed E-state index contributed by atoms with van der Waals surface area (Å²) >= 11 is 0. The molecule has 3 heteroatoms. The van der Waals surface area contributed by atoms with Crippen molar-refractivity contribution in [1.82, 2.24) is 4.98 Å². The van der Waals surface area contributed by atoms with Crippen molar-refractivity contribution >= 4 is 22.5 Å². The molecule has 0 aliphatic heterocycles. The summed E-state index contributed by atoms with van der Waals surface area (Å²) in [6, 6.07) is 61.3. The van der Waals surface area contributed by atoms with Gasteiger partial charge in [0.2, 0.25) is 5.89 Å². The lowest BCUT2D eigenvalue weighted by molar-refractivity contribution is 0.620. The Bertz CT molecular complexity index is 2270. The van der Waals surface area contributed by atoms with Crippen LogP contribution in [0.15, 0.2) is 180 Å². The summed E-state index contributed by atoms with van der Waals surface area (Å²) in [7, 11) is 2.11. The number of nitrogens with zero attached hydrogens (tertiary/aromatic N) is 2. The molecule has 8 rings (SSSR count). The lowest BCUT2D eigenvalue weighted by Crippen LogP contribution is -2.09. The van der Waals surface area contributed by atoms with E-state index < -0.39 is 0 Å². The molecule has 3 nitrogen and oxygen atoms in total. The Morgan fingerprint density at radius 1 is 0.429 bits per heavy atom. The monoisotopic (exact) mass is 634 g/mol. The van der Waals surface area contributed by atoms with Crippen LogP contribution in [-0.2, 0) is 0 Å². The Morgan fingerprint density at radius 3 is 1.51 bits per heavy atom. The first-order chi connectivity index (χ1) is 24.0. The van der Waals surface area contributed by atoms with E-state index in [1.807, 2.05) is 42.5 Å². The van der Waals surface area contributed by atoms with Gasteiger partial charge in [0.05, 0.1) is 0 Å². The molecule has 8 aromatic rings. The summed E-state index contributed by atoms with van der Waals surface area (Å²) in [4.78, 5) is 6.89. The highest BCUT2D eigenvalue weighted by Gasteiger charge is 2.14. The zero-order valence-corrected chi connectivity index (χ0v) is 28.0. The first-order valence-electron chi connectivity index (χ1n) is 16.6. The van der Waals surface area contributed by atoms with Gasteiger partial charge in [0, 0.05) is 24.0 Å². The molecule has 1 aromatic heterocycles. The van der Waals surface area contributed by atoms with E-state index in [2.05, 4.69) is 164 Å². The van der Waals surface area contributed by atoms with E-state index in [4.69, 9.17) is 4.42 Å². The second-order valence-corrected chi connectivity index (χ2v) is 12.3. The highest BCUT2D eigenvalue weighted by atomic mass is 16.3. The van der Waals surface area contributed by atoms with Crippen molar-refractivity contribution in [3.05, 3.63) is 187 Å². The molecule has 0 aliphatic rings. The van der Waals surface area contributed by atoms with Crippen molar-refractivity contribution in [3.8, 4) is 44.8 Å². The quantitative estimate of drug-likeness (QED) is 0.182. The van der Waals surface area contributed by atoms with Crippen molar-refractivity contribution in [2.75, 3.05) is 11.9 Å². The first-order valence-corrected chi connectivity index (χ1v) is 16.6. The van der Waals surface area contributed by atoms with Gasteiger partial charge >= 0.3 is 0 Å². The lowest BCUT2D eigenvalue weighted by atomic mass is 9.89. The van der Waals surface area contributed by atoms with E-state index in [0.29, 0.717) is 5.89 Å². The third kappa shape index (κ3) is 7.07. The fourth-order valence-corrected chi connectivity index (χ4v) is 6.11. The number of anilines is 2. The summed E-state index contributed by atoms with van der Waals surface area (Å²) in [5, 5.41) is 0. The third-order valence-corrected chi connectivity index (χ3v) is 8.78. The lowest BCUT2D eigenvalue weighted by Gasteiger charge is -2.21. The average Bonchev–Trinajstić information content (AvgIpc) is 3.60. The number of oxazole rings is 1. The fourth-order valence-electron chi connectivity index (χ4n) is 6.11. The third-order valence-electron chi connectivity index (χ3n) is 8.78. The zero-order chi connectivity index (χ0) is 33.6. The normalized spacial score (nSPS) is 10.8. The minimum Gasteiger partial charge on any atom is -0.436 e. The van der Waals surface area contributed by atoms with Gasteiger partial charge in [-0.1, -0.05) is 133 Å². The highest BCUT2D eigenvalue weighted by molar-refractivity contribution is 5.92. The maximum atomic E-state index is 6.00. The maximum absolute atomic E-state index is 6.00. The van der Waals surface area contributed by atoms with Crippen LogP contribution in [0.4, 0.5) is 11.4 Å². The molecule has 0 fully saturated rings. The Hall–Kier alpha value is -6.19. The number of hydrogen-bond acceptors (Lipinski definition) is 3. The predicted octanol–water partition coefficient (Wildman–Crippen LogP) is 12.6. The molecule has 0 radical (unpaired) electrons. The molecule has 0 saturated carbocycles. The summed E-state index contributed by atoms with van der Waals surface area (Å²) in [5.74, 6) is 0.637. The molecule has 7 aromatic carbocycles. The fraction of sp³-hybridized carbons (Fsp3) is 0.0652. The summed E-state index contributed by atoms with van der Waals surface area (Å²) in [6.07, 6.45) is 0. The largest absolute Gasteiger partial charge is 0.436 e. The molecule has 0 aliphatic carbocycles. The molecular formula is C46H38N2O. The van der Waals surface area contributed by atoms with E-state index in [1.54, 1.807) is 0 Å². The maximum Gasteiger partial charge on any atom is 0.227 e. The van der Waals surface area contributed by atoms with E-state index in [1.165, 1.54) is 44.6 Å². The van der Waals surface area contributed by atoms with Crippen LogP contribution in [0.3, 0.4) is 0 Å². The molecule has 238 valence electrons. The minimum atomic E-state index is 0.637. The Kier molecular flexibility index (Phi) is 9.16. The van der Waals surface area contributed by atoms with Crippen LogP contribution in [0.5, 0.6) is 0 Å².